The van der Waals surface area contributed by atoms with E-state index in [1.165, 1.54) is 0 Å². The summed E-state index contributed by atoms with van der Waals surface area (Å²) in [5.41, 5.74) is 0. The highest BCUT2D eigenvalue weighted by Gasteiger charge is 2.18. The molecule has 0 radical (unpaired) electrons. The van der Waals surface area contributed by atoms with Crippen LogP contribution in [0.1, 0.15) is 33.1 Å². The fourth-order valence-corrected chi connectivity index (χ4v) is 1.13. The van der Waals surface area contributed by atoms with Gasteiger partial charge in [-0.3, -0.25) is 0 Å². The SMILES string of the molecule is CCCC(C)CC(O)C(F)F. The lowest BCUT2D eigenvalue weighted by Crippen LogP contribution is -2.20. The van der Waals surface area contributed by atoms with Crippen molar-refractivity contribution in [3.63, 3.8) is 0 Å². The van der Waals surface area contributed by atoms with E-state index in [-0.39, 0.29) is 12.3 Å². The van der Waals surface area contributed by atoms with Crippen molar-refractivity contribution in [3.05, 3.63) is 0 Å². The summed E-state index contributed by atoms with van der Waals surface area (Å²) < 4.78 is 23.6. The molecule has 1 N–H and O–H groups in total. The monoisotopic (exact) mass is 166 g/mol. The quantitative estimate of drug-likeness (QED) is 0.665. The second-order valence-corrected chi connectivity index (χ2v) is 3.03. The van der Waals surface area contributed by atoms with Crippen molar-refractivity contribution in [3.8, 4) is 0 Å². The van der Waals surface area contributed by atoms with Crippen LogP contribution in [0.2, 0.25) is 0 Å². The Kier molecular flexibility index (Phi) is 5.38. The first-order valence-corrected chi connectivity index (χ1v) is 4.04. The van der Waals surface area contributed by atoms with Crippen LogP contribution in [0.3, 0.4) is 0 Å². The largest absolute Gasteiger partial charge is 0.387 e. The molecule has 3 heteroatoms. The average Bonchev–Trinajstić information content (AvgIpc) is 1.87. The third-order valence-corrected chi connectivity index (χ3v) is 1.72. The van der Waals surface area contributed by atoms with E-state index in [1.54, 1.807) is 0 Å². The smallest absolute Gasteiger partial charge is 0.264 e. The average molecular weight is 166 g/mol. The van der Waals surface area contributed by atoms with Crippen molar-refractivity contribution in [2.45, 2.75) is 45.6 Å². The summed E-state index contributed by atoms with van der Waals surface area (Å²) in [6, 6.07) is 0. The van der Waals surface area contributed by atoms with Crippen molar-refractivity contribution in [1.82, 2.24) is 0 Å². The van der Waals surface area contributed by atoms with Crippen molar-refractivity contribution in [2.75, 3.05) is 0 Å². The molecule has 0 aliphatic carbocycles. The van der Waals surface area contributed by atoms with Crippen LogP contribution in [0.15, 0.2) is 0 Å². The van der Waals surface area contributed by atoms with Gasteiger partial charge in [0.1, 0.15) is 6.10 Å². The Balaban J connectivity index is 3.48. The minimum absolute atomic E-state index is 0.198. The number of alkyl halides is 2. The number of aliphatic hydroxyl groups excluding tert-OH is 1. The van der Waals surface area contributed by atoms with E-state index < -0.39 is 12.5 Å². The molecule has 0 amide bonds. The summed E-state index contributed by atoms with van der Waals surface area (Å²) in [6.45, 7) is 3.89. The van der Waals surface area contributed by atoms with Gasteiger partial charge in [-0.2, -0.15) is 0 Å². The summed E-state index contributed by atoms with van der Waals surface area (Å²) in [5.74, 6) is 0.198. The first-order valence-electron chi connectivity index (χ1n) is 4.04. The maximum atomic E-state index is 11.8. The van der Waals surface area contributed by atoms with Gasteiger partial charge in [0.05, 0.1) is 0 Å². The van der Waals surface area contributed by atoms with E-state index in [1.807, 2.05) is 13.8 Å². The molecular formula is C8H16F2O. The van der Waals surface area contributed by atoms with Gasteiger partial charge in [0, 0.05) is 0 Å². The Labute approximate surface area is 66.4 Å². The standard InChI is InChI=1S/C8H16F2O/c1-3-4-6(2)5-7(11)8(9)10/h6-8,11H,3-5H2,1-2H3. The van der Waals surface area contributed by atoms with Gasteiger partial charge in [-0.1, -0.05) is 26.7 Å². The maximum Gasteiger partial charge on any atom is 0.264 e. The van der Waals surface area contributed by atoms with Gasteiger partial charge in [-0.05, 0) is 12.3 Å². The maximum absolute atomic E-state index is 11.8. The predicted octanol–water partition coefficient (Wildman–Crippen LogP) is 2.44. The van der Waals surface area contributed by atoms with Gasteiger partial charge < -0.3 is 5.11 Å². The topological polar surface area (TPSA) is 20.2 Å². The molecule has 2 unspecified atom stereocenters. The highest BCUT2D eigenvalue weighted by molar-refractivity contribution is 4.62. The van der Waals surface area contributed by atoms with Gasteiger partial charge in [0.2, 0.25) is 0 Å². The zero-order valence-corrected chi connectivity index (χ0v) is 7.06. The first kappa shape index (κ1) is 10.8. The van der Waals surface area contributed by atoms with Gasteiger partial charge in [0.25, 0.3) is 6.43 Å². The molecule has 0 aliphatic heterocycles. The summed E-state index contributed by atoms with van der Waals surface area (Å²) in [5, 5.41) is 8.77. The van der Waals surface area contributed by atoms with Crippen LogP contribution in [0, 0.1) is 5.92 Å². The molecule has 0 spiro atoms. The zero-order valence-electron chi connectivity index (χ0n) is 7.06. The Morgan fingerprint density at radius 3 is 2.27 bits per heavy atom. The molecule has 0 aromatic heterocycles. The third kappa shape index (κ3) is 5.13. The second kappa shape index (κ2) is 5.47. The van der Waals surface area contributed by atoms with Gasteiger partial charge in [0.15, 0.2) is 0 Å². The fraction of sp³-hybridized carbons (Fsp3) is 1.00. The van der Waals surface area contributed by atoms with Crippen LogP contribution in [-0.4, -0.2) is 17.6 Å². The van der Waals surface area contributed by atoms with Crippen molar-refractivity contribution < 1.29 is 13.9 Å². The lowest BCUT2D eigenvalue weighted by molar-refractivity contribution is -0.0169. The van der Waals surface area contributed by atoms with Crippen LogP contribution in [0.5, 0.6) is 0 Å². The predicted molar refractivity (Wildman–Crippen MR) is 40.7 cm³/mol. The molecule has 0 saturated carbocycles. The van der Waals surface area contributed by atoms with Gasteiger partial charge in [-0.15, -0.1) is 0 Å². The number of aliphatic hydroxyl groups is 1. The molecule has 2 atom stereocenters. The summed E-state index contributed by atoms with van der Waals surface area (Å²) in [7, 11) is 0. The molecule has 0 aliphatic rings. The summed E-state index contributed by atoms with van der Waals surface area (Å²) >= 11 is 0. The lowest BCUT2D eigenvalue weighted by atomic mass is 9.99. The van der Waals surface area contributed by atoms with E-state index in [0.29, 0.717) is 0 Å². The third-order valence-electron chi connectivity index (χ3n) is 1.72. The van der Waals surface area contributed by atoms with Crippen LogP contribution in [0.25, 0.3) is 0 Å². The van der Waals surface area contributed by atoms with Crippen molar-refractivity contribution in [2.24, 2.45) is 5.92 Å². The second-order valence-electron chi connectivity index (χ2n) is 3.03. The number of hydrogen-bond acceptors (Lipinski definition) is 1. The summed E-state index contributed by atoms with van der Waals surface area (Å²) in [6.07, 6.45) is -1.92. The molecule has 0 heterocycles. The van der Waals surface area contributed by atoms with Gasteiger partial charge >= 0.3 is 0 Å². The number of rotatable bonds is 5. The number of halogens is 2. The molecule has 0 fully saturated rings. The molecule has 1 nitrogen and oxygen atoms in total. The Morgan fingerprint density at radius 1 is 1.36 bits per heavy atom. The zero-order chi connectivity index (χ0) is 8.85. The number of hydrogen-bond donors (Lipinski definition) is 1. The molecular weight excluding hydrogens is 150 g/mol. The minimum atomic E-state index is -2.59. The fourth-order valence-electron chi connectivity index (χ4n) is 1.13. The lowest BCUT2D eigenvalue weighted by Gasteiger charge is -2.14. The normalized spacial score (nSPS) is 16.9. The van der Waals surface area contributed by atoms with Crippen LogP contribution >= 0.6 is 0 Å². The summed E-state index contributed by atoms with van der Waals surface area (Å²) in [4.78, 5) is 0. The highest BCUT2D eigenvalue weighted by atomic mass is 19.3. The Morgan fingerprint density at radius 2 is 1.91 bits per heavy atom. The molecule has 0 saturated heterocycles. The van der Waals surface area contributed by atoms with Crippen LogP contribution in [-0.2, 0) is 0 Å². The molecule has 11 heavy (non-hydrogen) atoms. The van der Waals surface area contributed by atoms with E-state index in [4.69, 9.17) is 5.11 Å². The molecule has 0 rings (SSSR count). The molecule has 0 aromatic carbocycles. The van der Waals surface area contributed by atoms with Crippen molar-refractivity contribution in [1.29, 1.82) is 0 Å². The first-order chi connectivity index (χ1) is 5.07. The van der Waals surface area contributed by atoms with Crippen molar-refractivity contribution >= 4 is 0 Å². The van der Waals surface area contributed by atoms with E-state index >= 15 is 0 Å². The minimum Gasteiger partial charge on any atom is -0.387 e. The molecule has 0 aromatic rings. The van der Waals surface area contributed by atoms with E-state index in [0.717, 1.165) is 12.8 Å². The van der Waals surface area contributed by atoms with Crippen LogP contribution in [0.4, 0.5) is 8.78 Å². The van der Waals surface area contributed by atoms with E-state index in [9.17, 15) is 8.78 Å². The van der Waals surface area contributed by atoms with Crippen LogP contribution < -0.4 is 0 Å². The molecule has 0 bridgehead atoms. The molecule has 68 valence electrons. The van der Waals surface area contributed by atoms with Gasteiger partial charge in [-0.25, -0.2) is 8.78 Å². The Hall–Kier alpha value is -0.180. The highest BCUT2D eigenvalue weighted by Crippen LogP contribution is 2.16. The van der Waals surface area contributed by atoms with E-state index in [2.05, 4.69) is 0 Å². The Bertz CT molecular complexity index is 96.1.